The molecule has 0 spiro atoms. The smallest absolute Gasteiger partial charge is 0.271 e. The molecule has 0 atom stereocenters. The Morgan fingerprint density at radius 3 is 2.78 bits per heavy atom. The van der Waals surface area contributed by atoms with E-state index in [0.717, 1.165) is 12.8 Å². The van der Waals surface area contributed by atoms with E-state index in [1.807, 2.05) is 0 Å². The van der Waals surface area contributed by atoms with Crippen LogP contribution in [0.5, 0.6) is 11.5 Å². The average Bonchev–Trinajstić information content (AvgIpc) is 2.68. The maximum atomic E-state index is 12.0. The SMILES string of the molecule is CCCCOc1ccc(/C=N\NC(=O)c2cccc([N+](=O)[O-])c2)cc1OC. The van der Waals surface area contributed by atoms with Crippen LogP contribution in [0.1, 0.15) is 35.7 Å². The number of hydrogen-bond acceptors (Lipinski definition) is 6. The number of rotatable bonds is 9. The van der Waals surface area contributed by atoms with Crippen LogP contribution in [0.3, 0.4) is 0 Å². The van der Waals surface area contributed by atoms with Crippen LogP contribution in [0.25, 0.3) is 0 Å². The summed E-state index contributed by atoms with van der Waals surface area (Å²) in [4.78, 5) is 22.3. The molecule has 27 heavy (non-hydrogen) atoms. The molecule has 0 aliphatic rings. The minimum Gasteiger partial charge on any atom is -0.493 e. The van der Waals surface area contributed by atoms with Gasteiger partial charge in [-0.1, -0.05) is 19.4 Å². The Kier molecular flexibility index (Phi) is 7.30. The highest BCUT2D eigenvalue weighted by Crippen LogP contribution is 2.27. The van der Waals surface area contributed by atoms with E-state index in [4.69, 9.17) is 9.47 Å². The van der Waals surface area contributed by atoms with Crippen molar-refractivity contribution in [3.8, 4) is 11.5 Å². The lowest BCUT2D eigenvalue weighted by molar-refractivity contribution is -0.384. The van der Waals surface area contributed by atoms with E-state index >= 15 is 0 Å². The first kappa shape index (κ1) is 19.9. The maximum absolute atomic E-state index is 12.0. The van der Waals surface area contributed by atoms with Crippen molar-refractivity contribution >= 4 is 17.8 Å². The number of unbranched alkanes of at least 4 members (excludes halogenated alkanes) is 1. The van der Waals surface area contributed by atoms with Gasteiger partial charge < -0.3 is 9.47 Å². The zero-order chi connectivity index (χ0) is 19.6. The molecule has 0 unspecified atom stereocenters. The van der Waals surface area contributed by atoms with Gasteiger partial charge in [0.2, 0.25) is 0 Å². The van der Waals surface area contributed by atoms with E-state index in [9.17, 15) is 14.9 Å². The van der Waals surface area contributed by atoms with Gasteiger partial charge in [-0.3, -0.25) is 14.9 Å². The van der Waals surface area contributed by atoms with Crippen LogP contribution in [0.2, 0.25) is 0 Å². The van der Waals surface area contributed by atoms with Gasteiger partial charge in [-0.15, -0.1) is 0 Å². The molecule has 0 fully saturated rings. The van der Waals surface area contributed by atoms with Crippen molar-refractivity contribution < 1.29 is 19.2 Å². The first-order valence-electron chi connectivity index (χ1n) is 8.44. The molecule has 0 heterocycles. The molecule has 2 aromatic carbocycles. The third-order valence-electron chi connectivity index (χ3n) is 3.64. The van der Waals surface area contributed by atoms with Gasteiger partial charge in [0.25, 0.3) is 11.6 Å². The van der Waals surface area contributed by atoms with Gasteiger partial charge in [0.1, 0.15) is 0 Å². The summed E-state index contributed by atoms with van der Waals surface area (Å²) in [6, 6.07) is 10.7. The second kappa shape index (κ2) is 9.91. The van der Waals surface area contributed by atoms with Gasteiger partial charge in [-0.2, -0.15) is 5.10 Å². The largest absolute Gasteiger partial charge is 0.493 e. The summed E-state index contributed by atoms with van der Waals surface area (Å²) in [5.74, 6) is 0.672. The molecular weight excluding hydrogens is 350 g/mol. The van der Waals surface area contributed by atoms with Crippen LogP contribution in [0.4, 0.5) is 5.69 Å². The number of carbonyl (C=O) groups excluding carboxylic acids is 1. The first-order valence-corrected chi connectivity index (χ1v) is 8.44. The van der Waals surface area contributed by atoms with Gasteiger partial charge >= 0.3 is 0 Å². The molecule has 8 nitrogen and oxygen atoms in total. The predicted molar refractivity (Wildman–Crippen MR) is 102 cm³/mol. The average molecular weight is 371 g/mol. The van der Waals surface area contributed by atoms with Crippen molar-refractivity contribution in [2.75, 3.05) is 13.7 Å². The van der Waals surface area contributed by atoms with Gasteiger partial charge in [-0.25, -0.2) is 5.43 Å². The Balaban J connectivity index is 2.02. The molecule has 0 radical (unpaired) electrons. The van der Waals surface area contributed by atoms with Crippen molar-refractivity contribution in [1.82, 2.24) is 5.43 Å². The molecule has 0 aliphatic carbocycles. The van der Waals surface area contributed by atoms with E-state index in [0.29, 0.717) is 23.7 Å². The minimum atomic E-state index is -0.559. The molecular formula is C19H21N3O5. The van der Waals surface area contributed by atoms with Crippen LogP contribution in [0, 0.1) is 10.1 Å². The van der Waals surface area contributed by atoms with Crippen molar-refractivity contribution in [2.45, 2.75) is 19.8 Å². The standard InChI is InChI=1S/C19H21N3O5/c1-3-4-10-27-17-9-8-14(11-18(17)26-2)13-20-21-19(23)15-6-5-7-16(12-15)22(24)25/h5-9,11-13H,3-4,10H2,1-2H3,(H,21,23)/b20-13-. The summed E-state index contributed by atoms with van der Waals surface area (Å²) in [5, 5.41) is 14.6. The number of amides is 1. The van der Waals surface area contributed by atoms with Gasteiger partial charge in [0, 0.05) is 17.7 Å². The van der Waals surface area contributed by atoms with E-state index < -0.39 is 10.8 Å². The normalized spacial score (nSPS) is 10.6. The van der Waals surface area contributed by atoms with Gasteiger partial charge in [0.05, 0.1) is 24.9 Å². The minimum absolute atomic E-state index is 0.151. The molecule has 8 heteroatoms. The Morgan fingerprint density at radius 2 is 2.07 bits per heavy atom. The number of nitro groups is 1. The van der Waals surface area contributed by atoms with Crippen LogP contribution in [-0.2, 0) is 0 Å². The summed E-state index contributed by atoms with van der Waals surface area (Å²) < 4.78 is 11.0. The molecule has 142 valence electrons. The van der Waals surface area contributed by atoms with Crippen molar-refractivity contribution in [3.05, 3.63) is 63.7 Å². The highest BCUT2D eigenvalue weighted by molar-refractivity contribution is 5.95. The third-order valence-corrected chi connectivity index (χ3v) is 3.64. The molecule has 0 saturated heterocycles. The Bertz CT molecular complexity index is 836. The van der Waals surface area contributed by atoms with Crippen LogP contribution in [-0.4, -0.2) is 30.8 Å². The quantitative estimate of drug-likeness (QED) is 0.314. The van der Waals surface area contributed by atoms with E-state index in [1.54, 1.807) is 25.3 Å². The fourth-order valence-electron chi connectivity index (χ4n) is 2.20. The predicted octanol–water partition coefficient (Wildman–Crippen LogP) is 3.55. The molecule has 0 bridgehead atoms. The fraction of sp³-hybridized carbons (Fsp3) is 0.263. The van der Waals surface area contributed by atoms with E-state index in [1.165, 1.54) is 30.5 Å². The molecule has 1 amide bonds. The number of nitrogens with one attached hydrogen (secondary N) is 1. The Labute approximate surface area is 157 Å². The lowest BCUT2D eigenvalue weighted by atomic mass is 10.2. The molecule has 2 rings (SSSR count). The Hall–Kier alpha value is -3.42. The van der Waals surface area contributed by atoms with Gasteiger partial charge in [0.15, 0.2) is 11.5 Å². The number of non-ortho nitro benzene ring substituents is 1. The van der Waals surface area contributed by atoms with Crippen LogP contribution < -0.4 is 14.9 Å². The van der Waals surface area contributed by atoms with Crippen LogP contribution in [0.15, 0.2) is 47.6 Å². The number of ether oxygens (including phenoxy) is 2. The zero-order valence-electron chi connectivity index (χ0n) is 15.2. The highest BCUT2D eigenvalue weighted by Gasteiger charge is 2.10. The number of benzene rings is 2. The summed E-state index contributed by atoms with van der Waals surface area (Å²) >= 11 is 0. The highest BCUT2D eigenvalue weighted by atomic mass is 16.6. The number of nitro benzene ring substituents is 1. The fourth-order valence-corrected chi connectivity index (χ4v) is 2.20. The lowest BCUT2D eigenvalue weighted by Crippen LogP contribution is -2.17. The third kappa shape index (κ3) is 5.81. The number of hydrogen-bond donors (Lipinski definition) is 1. The number of nitrogens with zero attached hydrogens (tertiary/aromatic N) is 2. The molecule has 0 aromatic heterocycles. The second-order valence-electron chi connectivity index (χ2n) is 5.62. The second-order valence-corrected chi connectivity index (χ2v) is 5.62. The van der Waals surface area contributed by atoms with Crippen molar-refractivity contribution in [2.24, 2.45) is 5.10 Å². The summed E-state index contributed by atoms with van der Waals surface area (Å²) in [6.07, 6.45) is 3.45. The van der Waals surface area contributed by atoms with Gasteiger partial charge in [-0.05, 0) is 36.2 Å². The number of hydrazone groups is 1. The zero-order valence-corrected chi connectivity index (χ0v) is 15.2. The lowest BCUT2D eigenvalue weighted by Gasteiger charge is -2.10. The molecule has 0 saturated carbocycles. The molecule has 0 aliphatic heterocycles. The topological polar surface area (TPSA) is 103 Å². The van der Waals surface area contributed by atoms with Crippen molar-refractivity contribution in [3.63, 3.8) is 0 Å². The van der Waals surface area contributed by atoms with Crippen LogP contribution >= 0.6 is 0 Å². The summed E-state index contributed by atoms with van der Waals surface area (Å²) in [5.41, 5.74) is 3.04. The van der Waals surface area contributed by atoms with E-state index in [2.05, 4.69) is 17.5 Å². The summed E-state index contributed by atoms with van der Waals surface area (Å²) in [7, 11) is 1.55. The Morgan fingerprint density at radius 1 is 1.26 bits per heavy atom. The first-order chi connectivity index (χ1) is 13.0. The molecule has 2 aromatic rings. The van der Waals surface area contributed by atoms with E-state index in [-0.39, 0.29) is 11.3 Å². The maximum Gasteiger partial charge on any atom is 0.271 e. The van der Waals surface area contributed by atoms with Crippen molar-refractivity contribution in [1.29, 1.82) is 0 Å². The monoisotopic (exact) mass is 371 g/mol. The number of methoxy groups -OCH3 is 1. The molecule has 1 N–H and O–H groups in total. The summed E-state index contributed by atoms with van der Waals surface area (Å²) in [6.45, 7) is 2.70. The number of carbonyl (C=O) groups is 1.